The Bertz CT molecular complexity index is 982. The Morgan fingerprint density at radius 2 is 0.971 bits per heavy atom. The molecule has 2 N–H and O–H groups in total. The molecule has 0 radical (unpaired) electrons. The quantitative estimate of drug-likeness (QED) is 0.339. The third-order valence-electron chi connectivity index (χ3n) is 5.71. The second-order valence-electron chi connectivity index (χ2n) is 10.9. The third kappa shape index (κ3) is 11.2. The molecule has 0 heterocycles. The van der Waals surface area contributed by atoms with Gasteiger partial charge in [0.25, 0.3) is 0 Å². The van der Waals surface area contributed by atoms with E-state index >= 15 is 0 Å². The van der Waals surface area contributed by atoms with Crippen molar-refractivity contribution in [2.24, 2.45) is 5.41 Å². The third-order valence-corrected chi connectivity index (χ3v) is 5.71. The molecule has 0 aliphatic carbocycles. The summed E-state index contributed by atoms with van der Waals surface area (Å²) in [5.74, 6) is 0.547. The van der Waals surface area contributed by atoms with Gasteiger partial charge in [-0.2, -0.15) is 0 Å². The predicted molar refractivity (Wildman–Crippen MR) is 149 cm³/mol. The molecule has 3 aromatic carbocycles. The van der Waals surface area contributed by atoms with Gasteiger partial charge in [-0.15, -0.1) is 0 Å². The van der Waals surface area contributed by atoms with Crippen molar-refractivity contribution in [1.29, 1.82) is 0 Å². The lowest BCUT2D eigenvalue weighted by Crippen LogP contribution is -2.24. The zero-order chi connectivity index (χ0) is 26.9. The minimum Gasteiger partial charge on any atom is -0.508 e. The van der Waals surface area contributed by atoms with Gasteiger partial charge in [0.2, 0.25) is 0 Å². The molecule has 0 aromatic heterocycles. The highest BCUT2D eigenvalue weighted by molar-refractivity contribution is 6.93. The fourth-order valence-electron chi connectivity index (χ4n) is 4.24. The van der Waals surface area contributed by atoms with E-state index in [2.05, 4.69) is 102 Å². The second kappa shape index (κ2) is 13.0. The lowest BCUT2D eigenvalue weighted by atomic mass is 9.72. The van der Waals surface area contributed by atoms with Crippen LogP contribution in [-0.4, -0.2) is 14.9 Å². The highest BCUT2D eigenvalue weighted by Crippen LogP contribution is 2.36. The maximum Gasteiger partial charge on any atom is 0.313 e. The van der Waals surface area contributed by atoms with Gasteiger partial charge in [0.15, 0.2) is 0 Å². The van der Waals surface area contributed by atoms with Gasteiger partial charge in [-0.1, -0.05) is 103 Å². The van der Waals surface area contributed by atoms with E-state index in [0.29, 0.717) is 5.41 Å². The van der Waals surface area contributed by atoms with Gasteiger partial charge < -0.3 is 10.2 Å². The van der Waals surface area contributed by atoms with Crippen LogP contribution in [-0.2, 0) is 10.8 Å². The van der Waals surface area contributed by atoms with Crippen molar-refractivity contribution in [2.75, 3.05) is 0 Å². The monoisotopic (exact) mass is 516 g/mol. The van der Waals surface area contributed by atoms with Crippen LogP contribution in [0.25, 0.3) is 0 Å². The number of carbonyl (C=O) groups excluding carboxylic acids is 1. The summed E-state index contributed by atoms with van der Waals surface area (Å²) in [5.41, 5.74) is 4.21. The summed E-state index contributed by atoms with van der Waals surface area (Å²) in [4.78, 5) is 8.98. The lowest BCUT2D eigenvalue weighted by Gasteiger charge is -2.32. The van der Waals surface area contributed by atoms with Gasteiger partial charge in [-0.05, 0) is 81.4 Å². The van der Waals surface area contributed by atoms with Crippen LogP contribution < -0.4 is 0 Å². The summed E-state index contributed by atoms with van der Waals surface area (Å²) in [6.07, 6.45) is 1.21. The largest absolute Gasteiger partial charge is 0.508 e. The van der Waals surface area contributed by atoms with E-state index in [1.165, 1.54) is 12.0 Å². The fourth-order valence-corrected chi connectivity index (χ4v) is 4.24. The maximum atomic E-state index is 9.30. The first-order valence-electron chi connectivity index (χ1n) is 11.5. The van der Waals surface area contributed by atoms with Crippen LogP contribution in [0, 0.1) is 5.41 Å². The fraction of sp³-hybridized carbons (Fsp3) is 0.367. The Kier molecular flexibility index (Phi) is 11.3. The Morgan fingerprint density at radius 1 is 0.629 bits per heavy atom. The molecule has 0 saturated carbocycles. The van der Waals surface area contributed by atoms with E-state index in [4.69, 9.17) is 4.79 Å². The Labute approximate surface area is 220 Å². The summed E-state index contributed by atoms with van der Waals surface area (Å²) in [6.45, 7) is 15.8. The van der Waals surface area contributed by atoms with Crippen molar-refractivity contribution < 1.29 is 15.0 Å². The van der Waals surface area contributed by atoms with Crippen molar-refractivity contribution in [3.05, 3.63) is 95.6 Å². The van der Waals surface area contributed by atoms with Crippen LogP contribution in [0.3, 0.4) is 0 Å². The number of hydrogen-bond donors (Lipinski definition) is 2. The van der Waals surface area contributed by atoms with Gasteiger partial charge in [-0.25, -0.2) is 0 Å². The standard InChI is InChI=1S/C15H16O2.C14H22.CCl2O/c1-15(2,11-3-7-13(16)8-4-11)12-5-9-14(17)10-6-12;1-13(2,3)11-14(4,5)12-9-7-6-8-10-12;2-1(3)4/h3-10,16-17H,1-2H3;6-10H,11H2,1-5H3;. The van der Waals surface area contributed by atoms with Crippen LogP contribution >= 0.6 is 23.2 Å². The number of phenols is 2. The average Bonchev–Trinajstić information content (AvgIpc) is 2.73. The van der Waals surface area contributed by atoms with E-state index in [1.807, 2.05) is 24.3 Å². The Balaban J connectivity index is 0.000000309. The molecule has 0 spiro atoms. The normalized spacial score (nSPS) is 11.5. The van der Waals surface area contributed by atoms with E-state index in [0.717, 1.165) is 11.1 Å². The summed E-state index contributed by atoms with van der Waals surface area (Å²) >= 11 is 8.80. The Hall–Kier alpha value is -2.49. The highest BCUT2D eigenvalue weighted by Gasteiger charge is 2.26. The first kappa shape index (κ1) is 30.5. The topological polar surface area (TPSA) is 57.5 Å². The maximum absolute atomic E-state index is 9.30. The summed E-state index contributed by atoms with van der Waals surface area (Å²) < 4.78 is -0.889. The first-order chi connectivity index (χ1) is 16.0. The van der Waals surface area contributed by atoms with E-state index in [1.54, 1.807) is 24.3 Å². The molecular formula is C30H38Cl2O3. The van der Waals surface area contributed by atoms with Crippen molar-refractivity contribution in [3.8, 4) is 11.5 Å². The number of carbonyl (C=O) groups is 1. The smallest absolute Gasteiger partial charge is 0.313 e. The van der Waals surface area contributed by atoms with Gasteiger partial charge in [0.05, 0.1) is 0 Å². The molecule has 0 amide bonds. The zero-order valence-corrected chi connectivity index (χ0v) is 23.3. The van der Waals surface area contributed by atoms with E-state index < -0.39 is 4.70 Å². The number of hydrogen-bond acceptors (Lipinski definition) is 3. The molecule has 0 aliphatic rings. The second-order valence-corrected chi connectivity index (χ2v) is 11.8. The zero-order valence-electron chi connectivity index (χ0n) is 21.8. The molecule has 3 aromatic rings. The van der Waals surface area contributed by atoms with E-state index in [9.17, 15) is 10.2 Å². The summed E-state index contributed by atoms with van der Waals surface area (Å²) in [6, 6.07) is 25.2. The molecule has 0 bridgehead atoms. The molecule has 3 nitrogen and oxygen atoms in total. The molecule has 3 rings (SSSR count). The average molecular weight is 518 g/mol. The molecular weight excluding hydrogens is 479 g/mol. The number of rotatable bonds is 4. The number of aromatic hydroxyl groups is 2. The SMILES string of the molecule is CC(C)(C)CC(C)(C)c1ccccc1.CC(C)(c1ccc(O)cc1)c1ccc(O)cc1.O=C(Cl)Cl. The molecule has 35 heavy (non-hydrogen) atoms. The van der Waals surface area contributed by atoms with Crippen molar-refractivity contribution >= 4 is 27.9 Å². The number of halogens is 2. The molecule has 0 saturated heterocycles. The molecule has 0 aliphatic heterocycles. The van der Waals surface area contributed by atoms with Gasteiger partial charge >= 0.3 is 4.70 Å². The lowest BCUT2D eigenvalue weighted by molar-refractivity contribution is 0.275. The molecule has 0 fully saturated rings. The minimum atomic E-state index is -0.889. The van der Waals surface area contributed by atoms with Gasteiger partial charge in [0, 0.05) is 5.41 Å². The van der Waals surface area contributed by atoms with Crippen molar-refractivity contribution in [3.63, 3.8) is 0 Å². The summed E-state index contributed by atoms with van der Waals surface area (Å²) in [5, 5.41) is 18.6. The van der Waals surface area contributed by atoms with Gasteiger partial charge in [0.1, 0.15) is 11.5 Å². The predicted octanol–water partition coefficient (Wildman–Crippen LogP) is 9.41. The van der Waals surface area contributed by atoms with Crippen LogP contribution in [0.4, 0.5) is 4.79 Å². The number of benzene rings is 3. The molecule has 0 atom stereocenters. The number of phenolic OH excluding ortho intramolecular Hbond substituents is 2. The van der Waals surface area contributed by atoms with E-state index in [-0.39, 0.29) is 22.3 Å². The van der Waals surface area contributed by atoms with Crippen LogP contribution in [0.15, 0.2) is 78.9 Å². The Morgan fingerprint density at radius 3 is 1.29 bits per heavy atom. The molecule has 0 unspecified atom stereocenters. The first-order valence-corrected chi connectivity index (χ1v) is 12.3. The summed E-state index contributed by atoms with van der Waals surface area (Å²) in [7, 11) is 0. The minimum absolute atomic E-state index is 0.151. The van der Waals surface area contributed by atoms with Crippen molar-refractivity contribution in [1.82, 2.24) is 0 Å². The highest BCUT2D eigenvalue weighted by atomic mass is 35.5. The molecule has 190 valence electrons. The van der Waals surface area contributed by atoms with Crippen LogP contribution in [0.5, 0.6) is 11.5 Å². The van der Waals surface area contributed by atoms with Crippen LogP contribution in [0.1, 0.15) is 71.6 Å². The molecule has 5 heteroatoms. The van der Waals surface area contributed by atoms with Crippen LogP contribution in [0.2, 0.25) is 0 Å². The van der Waals surface area contributed by atoms with Crippen molar-refractivity contribution in [2.45, 2.75) is 65.7 Å². The van der Waals surface area contributed by atoms with Gasteiger partial charge in [-0.3, -0.25) is 4.79 Å².